The summed E-state index contributed by atoms with van der Waals surface area (Å²) in [6, 6.07) is -0.115. The van der Waals surface area contributed by atoms with Gasteiger partial charge in [-0.05, 0) is 19.3 Å². The van der Waals surface area contributed by atoms with Gasteiger partial charge in [-0.15, -0.1) is 5.10 Å². The topological polar surface area (TPSA) is 102 Å². The molecule has 3 unspecified atom stereocenters. The molecule has 2 saturated heterocycles. The van der Waals surface area contributed by atoms with E-state index in [0.717, 1.165) is 12.8 Å². The van der Waals surface area contributed by atoms with E-state index < -0.39 is 16.8 Å². The summed E-state index contributed by atoms with van der Waals surface area (Å²) in [6.07, 6.45) is 3.55. The number of carboxylic acid groups (broad SMARTS) is 1. The monoisotopic (exact) mass is 266 g/mol. The molecule has 0 aromatic carbocycles. The quantitative estimate of drug-likeness (QED) is 0.640. The molecule has 1 aromatic rings. The molecule has 0 radical (unpaired) electrons. The maximum Gasteiger partial charge on any atom is 0.330 e. The number of nitrogens with zero attached hydrogens (tertiary/aromatic N) is 4. The van der Waals surface area contributed by atoms with Gasteiger partial charge in [-0.1, -0.05) is 0 Å². The number of carboxylic acids is 1. The maximum atomic E-state index is 11.2. The lowest BCUT2D eigenvalue weighted by molar-refractivity contribution is -0.384. The third-order valence-electron chi connectivity index (χ3n) is 4.09. The smallest absolute Gasteiger partial charge is 0.330 e. The van der Waals surface area contributed by atoms with Gasteiger partial charge >= 0.3 is 11.7 Å². The van der Waals surface area contributed by atoms with Gasteiger partial charge < -0.3 is 10.0 Å². The molecule has 19 heavy (non-hydrogen) atoms. The Morgan fingerprint density at radius 1 is 1.58 bits per heavy atom. The van der Waals surface area contributed by atoms with Crippen molar-refractivity contribution in [2.24, 2.45) is 13.0 Å². The first-order valence-electron chi connectivity index (χ1n) is 6.18. The summed E-state index contributed by atoms with van der Waals surface area (Å²) >= 11 is 0. The standard InChI is InChI=1S/C11H14N4O4/c1-13-5-9(15(18)19)10(12-13)14-6-2-3-8(14)7(4-6)11(16)17/h5-8H,2-4H2,1H3,(H,16,17). The van der Waals surface area contributed by atoms with Crippen molar-refractivity contribution in [2.45, 2.75) is 31.3 Å². The molecule has 0 spiro atoms. The molecule has 8 heteroatoms. The second-order valence-corrected chi connectivity index (χ2v) is 5.15. The van der Waals surface area contributed by atoms with Crippen molar-refractivity contribution in [3.8, 4) is 0 Å². The average Bonchev–Trinajstić information content (AvgIpc) is 2.99. The van der Waals surface area contributed by atoms with Crippen LogP contribution in [0.25, 0.3) is 0 Å². The molecule has 102 valence electrons. The first kappa shape index (κ1) is 11.9. The van der Waals surface area contributed by atoms with Crippen molar-refractivity contribution in [3.05, 3.63) is 16.3 Å². The van der Waals surface area contributed by atoms with Gasteiger partial charge in [-0.2, -0.15) is 0 Å². The van der Waals surface area contributed by atoms with Crippen LogP contribution in [-0.4, -0.2) is 37.9 Å². The molecular formula is C11H14N4O4. The molecule has 2 bridgehead atoms. The number of hydrogen-bond acceptors (Lipinski definition) is 5. The van der Waals surface area contributed by atoms with Crippen molar-refractivity contribution >= 4 is 17.5 Å². The van der Waals surface area contributed by atoms with E-state index in [-0.39, 0.29) is 17.8 Å². The Bertz CT molecular complexity index is 555. The van der Waals surface area contributed by atoms with Crippen LogP contribution in [0, 0.1) is 16.0 Å². The van der Waals surface area contributed by atoms with Crippen LogP contribution < -0.4 is 4.90 Å². The zero-order valence-electron chi connectivity index (χ0n) is 10.4. The largest absolute Gasteiger partial charge is 0.481 e. The van der Waals surface area contributed by atoms with Gasteiger partial charge in [0.1, 0.15) is 6.20 Å². The molecule has 0 saturated carbocycles. The first-order chi connectivity index (χ1) is 8.99. The summed E-state index contributed by atoms with van der Waals surface area (Å²) in [7, 11) is 1.63. The Kier molecular flexibility index (Phi) is 2.48. The fourth-order valence-electron chi connectivity index (χ4n) is 3.36. The van der Waals surface area contributed by atoms with E-state index in [1.54, 1.807) is 7.05 Å². The fraction of sp³-hybridized carbons (Fsp3) is 0.636. The molecule has 0 amide bonds. The third kappa shape index (κ3) is 1.66. The van der Waals surface area contributed by atoms with Gasteiger partial charge in [0.2, 0.25) is 5.82 Å². The minimum absolute atomic E-state index is 0.0505. The SMILES string of the molecule is Cn1cc([N+](=O)[O-])c(N2C3CCC2C(C(=O)O)C3)n1. The molecule has 1 N–H and O–H groups in total. The van der Waals surface area contributed by atoms with Gasteiger partial charge in [0.15, 0.2) is 0 Å². The van der Waals surface area contributed by atoms with Crippen LogP contribution in [0.4, 0.5) is 11.5 Å². The van der Waals surface area contributed by atoms with E-state index in [2.05, 4.69) is 5.10 Å². The molecular weight excluding hydrogens is 252 g/mol. The Balaban J connectivity index is 2.00. The normalized spacial score (nSPS) is 28.9. The van der Waals surface area contributed by atoms with Gasteiger partial charge in [0.25, 0.3) is 0 Å². The lowest BCUT2D eigenvalue weighted by atomic mass is 9.89. The van der Waals surface area contributed by atoms with E-state index in [1.807, 2.05) is 4.90 Å². The second kappa shape index (κ2) is 3.94. The van der Waals surface area contributed by atoms with Crippen molar-refractivity contribution in [1.82, 2.24) is 9.78 Å². The zero-order valence-corrected chi connectivity index (χ0v) is 10.4. The molecule has 8 nitrogen and oxygen atoms in total. The van der Waals surface area contributed by atoms with Gasteiger partial charge in [-0.3, -0.25) is 19.6 Å². The summed E-state index contributed by atoms with van der Waals surface area (Å²) in [5.41, 5.74) is -0.0505. The number of hydrogen-bond donors (Lipinski definition) is 1. The van der Waals surface area contributed by atoms with Crippen LogP contribution in [-0.2, 0) is 11.8 Å². The van der Waals surface area contributed by atoms with Crippen LogP contribution in [0.2, 0.25) is 0 Å². The summed E-state index contributed by atoms with van der Waals surface area (Å²) in [5.74, 6) is -0.958. The van der Waals surface area contributed by atoms with Crippen LogP contribution in [0.15, 0.2) is 6.20 Å². The predicted molar refractivity (Wildman–Crippen MR) is 64.9 cm³/mol. The summed E-state index contributed by atoms with van der Waals surface area (Å²) in [6.45, 7) is 0. The molecule has 3 atom stereocenters. The Morgan fingerprint density at radius 3 is 2.89 bits per heavy atom. The number of aryl methyl sites for hydroxylation is 1. The number of nitro groups is 1. The van der Waals surface area contributed by atoms with Crippen LogP contribution in [0.5, 0.6) is 0 Å². The van der Waals surface area contributed by atoms with E-state index in [0.29, 0.717) is 12.2 Å². The summed E-state index contributed by atoms with van der Waals surface area (Å²) in [5, 5.41) is 24.4. The summed E-state index contributed by atoms with van der Waals surface area (Å²) < 4.78 is 1.40. The number of fused-ring (bicyclic) bond motifs is 2. The molecule has 1 aromatic heterocycles. The van der Waals surface area contributed by atoms with E-state index in [1.165, 1.54) is 10.9 Å². The first-order valence-corrected chi connectivity index (χ1v) is 6.18. The van der Waals surface area contributed by atoms with Gasteiger partial charge in [0, 0.05) is 19.1 Å². The average molecular weight is 266 g/mol. The lowest BCUT2D eigenvalue weighted by Crippen LogP contribution is -2.33. The van der Waals surface area contributed by atoms with Crippen molar-refractivity contribution in [3.63, 3.8) is 0 Å². The molecule has 2 aliphatic heterocycles. The highest BCUT2D eigenvalue weighted by molar-refractivity contribution is 5.74. The van der Waals surface area contributed by atoms with E-state index in [4.69, 9.17) is 0 Å². The molecule has 0 aliphatic carbocycles. The predicted octanol–water partition coefficient (Wildman–Crippen LogP) is 0.770. The fourth-order valence-corrected chi connectivity index (χ4v) is 3.36. The number of aliphatic carboxylic acids is 1. The van der Waals surface area contributed by atoms with Crippen molar-refractivity contribution in [1.29, 1.82) is 0 Å². The van der Waals surface area contributed by atoms with E-state index in [9.17, 15) is 20.0 Å². The molecule has 3 rings (SSSR count). The van der Waals surface area contributed by atoms with Crippen LogP contribution in [0.3, 0.4) is 0 Å². The number of carbonyl (C=O) groups is 1. The minimum atomic E-state index is -0.823. The Morgan fingerprint density at radius 2 is 2.32 bits per heavy atom. The van der Waals surface area contributed by atoms with Crippen molar-refractivity contribution < 1.29 is 14.8 Å². The Labute approximate surface area is 108 Å². The number of rotatable bonds is 3. The third-order valence-corrected chi connectivity index (χ3v) is 4.09. The minimum Gasteiger partial charge on any atom is -0.481 e. The van der Waals surface area contributed by atoms with Gasteiger partial charge in [-0.25, -0.2) is 0 Å². The van der Waals surface area contributed by atoms with Crippen LogP contribution >= 0.6 is 0 Å². The molecule has 2 fully saturated rings. The van der Waals surface area contributed by atoms with E-state index >= 15 is 0 Å². The highest BCUT2D eigenvalue weighted by Gasteiger charge is 2.51. The van der Waals surface area contributed by atoms with Crippen LogP contribution in [0.1, 0.15) is 19.3 Å². The van der Waals surface area contributed by atoms with Gasteiger partial charge in [0.05, 0.1) is 10.8 Å². The maximum absolute atomic E-state index is 11.2. The number of anilines is 1. The summed E-state index contributed by atoms with van der Waals surface area (Å²) in [4.78, 5) is 23.6. The second-order valence-electron chi connectivity index (χ2n) is 5.15. The lowest BCUT2D eigenvalue weighted by Gasteiger charge is -2.21. The van der Waals surface area contributed by atoms with Crippen molar-refractivity contribution in [2.75, 3.05) is 4.90 Å². The Hall–Kier alpha value is -2.12. The zero-order chi connectivity index (χ0) is 13.7. The number of aromatic nitrogens is 2. The molecule has 2 aliphatic rings. The highest BCUT2D eigenvalue weighted by Crippen LogP contribution is 2.46. The highest BCUT2D eigenvalue weighted by atomic mass is 16.6. The molecule has 3 heterocycles.